The highest BCUT2D eigenvalue weighted by Crippen LogP contribution is 2.24. The molecule has 27 heavy (non-hydrogen) atoms. The SMILES string of the molecule is CCCCCC/C=C/CCCCCCCC(=O)OC[C@@H](O)COP(=O)([O-])[O-]. The lowest BCUT2D eigenvalue weighted by molar-refractivity contribution is -0.342. The van der Waals surface area contributed by atoms with E-state index in [2.05, 4.69) is 23.6 Å². The van der Waals surface area contributed by atoms with Crippen molar-refractivity contribution in [2.75, 3.05) is 13.2 Å². The monoisotopic (exact) mass is 406 g/mol. The second-order valence-corrected chi connectivity index (χ2v) is 7.86. The van der Waals surface area contributed by atoms with Crippen LogP contribution < -0.4 is 9.79 Å². The van der Waals surface area contributed by atoms with Gasteiger partial charge in [-0.1, -0.05) is 57.6 Å². The quantitative estimate of drug-likeness (QED) is 0.161. The Hall–Kier alpha value is -0.720. The van der Waals surface area contributed by atoms with Gasteiger partial charge >= 0.3 is 5.97 Å². The Morgan fingerprint density at radius 2 is 1.52 bits per heavy atom. The number of unbranched alkanes of at least 4 members (excludes halogenated alkanes) is 9. The lowest BCUT2D eigenvalue weighted by Crippen LogP contribution is -2.26. The Labute approximate surface area is 163 Å². The first-order valence-corrected chi connectivity index (χ1v) is 11.5. The van der Waals surface area contributed by atoms with Crippen molar-refractivity contribution in [3.8, 4) is 0 Å². The number of hydrogen-bond acceptors (Lipinski definition) is 7. The molecule has 1 atom stereocenters. The van der Waals surface area contributed by atoms with E-state index in [0.717, 1.165) is 38.5 Å². The molecule has 1 N–H and O–H groups in total. The van der Waals surface area contributed by atoms with Crippen LogP contribution in [0.5, 0.6) is 0 Å². The van der Waals surface area contributed by atoms with Crippen molar-refractivity contribution in [3.05, 3.63) is 12.2 Å². The molecule has 0 aliphatic rings. The molecule has 7 nitrogen and oxygen atoms in total. The molecule has 0 fully saturated rings. The molecule has 0 amide bonds. The Balaban J connectivity index is 3.41. The van der Waals surface area contributed by atoms with Gasteiger partial charge in [0.15, 0.2) is 0 Å². The summed E-state index contributed by atoms with van der Waals surface area (Å²) in [7, 11) is -5.12. The van der Waals surface area contributed by atoms with Gasteiger partial charge < -0.3 is 28.7 Å². The fraction of sp³-hybridized carbons (Fsp3) is 0.842. The molecule has 0 heterocycles. The highest BCUT2D eigenvalue weighted by molar-refractivity contribution is 7.43. The topological polar surface area (TPSA) is 119 Å². The first kappa shape index (κ1) is 26.3. The highest BCUT2D eigenvalue weighted by Gasteiger charge is 2.09. The van der Waals surface area contributed by atoms with Crippen LogP contribution in [0.3, 0.4) is 0 Å². The maximum Gasteiger partial charge on any atom is 0.305 e. The number of rotatable bonds is 18. The predicted octanol–water partition coefficient (Wildman–Crippen LogP) is 2.99. The molecule has 0 aromatic heterocycles. The summed E-state index contributed by atoms with van der Waals surface area (Å²) < 4.78 is 19.0. The van der Waals surface area contributed by atoms with Crippen molar-refractivity contribution in [2.24, 2.45) is 0 Å². The number of esters is 1. The Morgan fingerprint density at radius 1 is 0.963 bits per heavy atom. The van der Waals surface area contributed by atoms with Crippen molar-refractivity contribution in [2.45, 2.75) is 90.1 Å². The Morgan fingerprint density at radius 3 is 2.11 bits per heavy atom. The van der Waals surface area contributed by atoms with Crippen molar-refractivity contribution < 1.29 is 33.5 Å². The van der Waals surface area contributed by atoms with E-state index < -0.39 is 26.5 Å². The van der Waals surface area contributed by atoms with E-state index in [1.807, 2.05) is 0 Å². The Bertz CT molecular complexity index is 434. The second-order valence-electron chi connectivity index (χ2n) is 6.71. The van der Waals surface area contributed by atoms with Gasteiger partial charge in [-0.05, 0) is 32.1 Å². The van der Waals surface area contributed by atoms with E-state index in [1.54, 1.807) is 0 Å². The third kappa shape index (κ3) is 21.4. The van der Waals surface area contributed by atoms with Gasteiger partial charge in [0.25, 0.3) is 0 Å². The number of hydrogen-bond donors (Lipinski definition) is 1. The summed E-state index contributed by atoms with van der Waals surface area (Å²) in [5.74, 6) is -0.451. The molecule has 0 aliphatic carbocycles. The number of carbonyl (C=O) groups excluding carboxylic acids is 1. The smallest absolute Gasteiger partial charge is 0.305 e. The number of phosphoric acid groups is 1. The first-order chi connectivity index (χ1) is 12.8. The highest BCUT2D eigenvalue weighted by atomic mass is 31.2. The first-order valence-electron chi connectivity index (χ1n) is 10.0. The number of aliphatic hydroxyl groups excluding tert-OH is 1. The van der Waals surface area contributed by atoms with Crippen LogP contribution >= 0.6 is 7.82 Å². The van der Waals surface area contributed by atoms with Crippen LogP contribution in [0.1, 0.15) is 84.0 Å². The van der Waals surface area contributed by atoms with E-state index in [9.17, 15) is 24.3 Å². The van der Waals surface area contributed by atoms with E-state index in [-0.39, 0.29) is 13.0 Å². The molecular weight excluding hydrogens is 371 g/mol. The molecular formula is C19H35O7P-2. The molecule has 0 aromatic rings. The molecule has 0 radical (unpaired) electrons. The van der Waals surface area contributed by atoms with E-state index in [0.29, 0.717) is 0 Å². The Kier molecular flexibility index (Phi) is 16.9. The van der Waals surface area contributed by atoms with Crippen molar-refractivity contribution in [3.63, 3.8) is 0 Å². The number of aliphatic hydroxyl groups is 1. The molecule has 0 aromatic carbocycles. The zero-order chi connectivity index (χ0) is 20.4. The molecule has 160 valence electrons. The zero-order valence-corrected chi connectivity index (χ0v) is 17.4. The van der Waals surface area contributed by atoms with Gasteiger partial charge in [-0.2, -0.15) is 0 Å². The number of phosphoric ester groups is 1. The molecule has 0 bridgehead atoms. The van der Waals surface area contributed by atoms with Crippen LogP contribution in [0.4, 0.5) is 0 Å². The van der Waals surface area contributed by atoms with Crippen molar-refractivity contribution in [1.29, 1.82) is 0 Å². The summed E-state index contributed by atoms with van der Waals surface area (Å²) in [6, 6.07) is 0. The summed E-state index contributed by atoms with van der Waals surface area (Å²) >= 11 is 0. The van der Waals surface area contributed by atoms with Crippen LogP contribution in [0.15, 0.2) is 12.2 Å². The van der Waals surface area contributed by atoms with Crippen LogP contribution in [0.2, 0.25) is 0 Å². The van der Waals surface area contributed by atoms with Gasteiger partial charge in [-0.3, -0.25) is 4.79 Å². The third-order valence-corrected chi connectivity index (χ3v) is 4.47. The fourth-order valence-electron chi connectivity index (χ4n) is 2.47. The predicted molar refractivity (Wildman–Crippen MR) is 101 cm³/mol. The second kappa shape index (κ2) is 17.4. The van der Waals surface area contributed by atoms with Gasteiger partial charge in [0.05, 0.1) is 14.4 Å². The van der Waals surface area contributed by atoms with Crippen LogP contribution in [-0.2, 0) is 18.6 Å². The lowest BCUT2D eigenvalue weighted by atomic mass is 10.1. The van der Waals surface area contributed by atoms with Crippen LogP contribution in [0.25, 0.3) is 0 Å². The third-order valence-electron chi connectivity index (χ3n) is 4.00. The van der Waals surface area contributed by atoms with E-state index in [4.69, 9.17) is 4.74 Å². The van der Waals surface area contributed by atoms with E-state index >= 15 is 0 Å². The summed E-state index contributed by atoms with van der Waals surface area (Å²) in [5.41, 5.74) is 0. The summed E-state index contributed by atoms with van der Waals surface area (Å²) in [6.07, 6.45) is 16.0. The minimum Gasteiger partial charge on any atom is -0.790 e. The van der Waals surface area contributed by atoms with E-state index in [1.165, 1.54) is 32.1 Å². The van der Waals surface area contributed by atoms with Crippen molar-refractivity contribution >= 4 is 13.8 Å². The van der Waals surface area contributed by atoms with Crippen LogP contribution in [-0.4, -0.2) is 30.4 Å². The minimum atomic E-state index is -5.12. The van der Waals surface area contributed by atoms with Gasteiger partial charge in [0, 0.05) is 6.42 Å². The summed E-state index contributed by atoms with van der Waals surface area (Å²) in [6.45, 7) is 1.13. The lowest BCUT2D eigenvalue weighted by Gasteiger charge is -2.29. The average molecular weight is 406 g/mol. The van der Waals surface area contributed by atoms with Gasteiger partial charge in [-0.15, -0.1) is 0 Å². The molecule has 0 spiro atoms. The molecule has 8 heteroatoms. The largest absolute Gasteiger partial charge is 0.790 e. The number of allylic oxidation sites excluding steroid dienone is 2. The van der Waals surface area contributed by atoms with Crippen molar-refractivity contribution in [1.82, 2.24) is 0 Å². The minimum absolute atomic E-state index is 0.257. The summed E-state index contributed by atoms with van der Waals surface area (Å²) in [4.78, 5) is 32.0. The molecule has 0 rings (SSSR count). The van der Waals surface area contributed by atoms with Gasteiger partial charge in [-0.25, -0.2) is 0 Å². The maximum absolute atomic E-state index is 11.5. The number of carbonyl (C=O) groups is 1. The summed E-state index contributed by atoms with van der Waals surface area (Å²) in [5, 5.41) is 9.34. The number of ether oxygens (including phenoxy) is 1. The molecule has 0 saturated heterocycles. The van der Waals surface area contributed by atoms with Gasteiger partial charge in [0.2, 0.25) is 0 Å². The zero-order valence-electron chi connectivity index (χ0n) is 16.5. The normalized spacial score (nSPS) is 13.2. The maximum atomic E-state index is 11.5. The standard InChI is InChI=1S/C19H37O7P/c1-2-3-4-5-6-7-8-9-10-11-12-13-14-15-19(21)25-16-18(20)17-26-27(22,23)24/h7-8,18,20H,2-6,9-17H2,1H3,(H2,22,23,24)/p-2/b8-7+/t18-/m1/s1. The molecule has 0 aliphatic heterocycles. The molecule has 0 unspecified atom stereocenters. The fourth-order valence-corrected chi connectivity index (χ4v) is 2.83. The van der Waals surface area contributed by atoms with Crippen LogP contribution in [0, 0.1) is 0 Å². The average Bonchev–Trinajstić information content (AvgIpc) is 2.61. The molecule has 0 saturated carbocycles. The van der Waals surface area contributed by atoms with Gasteiger partial charge in [0.1, 0.15) is 12.7 Å².